The van der Waals surface area contributed by atoms with Gasteiger partial charge in [0.05, 0.1) is 0 Å². The lowest BCUT2D eigenvalue weighted by Gasteiger charge is -2.36. The van der Waals surface area contributed by atoms with Gasteiger partial charge in [0.2, 0.25) is 0 Å². The number of likely N-dealkylation sites (tertiary alicyclic amines) is 1. The summed E-state index contributed by atoms with van der Waals surface area (Å²) in [4.78, 5) is 2.77. The lowest BCUT2D eigenvalue weighted by Crippen LogP contribution is -2.47. The Kier molecular flexibility index (Phi) is 3.95. The van der Waals surface area contributed by atoms with Crippen LogP contribution in [0.25, 0.3) is 0 Å². The molecule has 0 aromatic heterocycles. The maximum Gasteiger partial charge on any atom is 0.0220 e. The van der Waals surface area contributed by atoms with Crippen LogP contribution in [0, 0.1) is 11.3 Å². The van der Waals surface area contributed by atoms with Gasteiger partial charge in [-0.3, -0.25) is 0 Å². The molecule has 2 saturated heterocycles. The SMILES string of the molecule is CC1CCCNC1CN1CCC2(CCCCC2)C1. The molecule has 0 bridgehead atoms. The Morgan fingerprint density at radius 2 is 1.94 bits per heavy atom. The highest BCUT2D eigenvalue weighted by Crippen LogP contribution is 2.43. The molecule has 2 heteroatoms. The molecule has 2 aliphatic heterocycles. The van der Waals surface area contributed by atoms with Crippen LogP contribution in [0.3, 0.4) is 0 Å². The summed E-state index contributed by atoms with van der Waals surface area (Å²) < 4.78 is 0. The average Bonchev–Trinajstić information content (AvgIpc) is 2.76. The van der Waals surface area contributed by atoms with Crippen LogP contribution in [0.15, 0.2) is 0 Å². The van der Waals surface area contributed by atoms with Crippen molar-refractivity contribution in [3.8, 4) is 0 Å². The van der Waals surface area contributed by atoms with Crippen molar-refractivity contribution in [2.24, 2.45) is 11.3 Å². The van der Waals surface area contributed by atoms with E-state index in [2.05, 4.69) is 17.1 Å². The summed E-state index contributed by atoms with van der Waals surface area (Å²) in [6.07, 6.45) is 11.8. The first-order chi connectivity index (χ1) is 8.77. The van der Waals surface area contributed by atoms with E-state index in [0.717, 1.165) is 17.4 Å². The molecular formula is C16H30N2. The van der Waals surface area contributed by atoms with Gasteiger partial charge < -0.3 is 10.2 Å². The first-order valence-electron chi connectivity index (χ1n) is 8.23. The van der Waals surface area contributed by atoms with Crippen molar-refractivity contribution >= 4 is 0 Å². The van der Waals surface area contributed by atoms with Gasteiger partial charge in [0.15, 0.2) is 0 Å². The first kappa shape index (κ1) is 12.9. The van der Waals surface area contributed by atoms with Crippen molar-refractivity contribution in [1.29, 1.82) is 0 Å². The van der Waals surface area contributed by atoms with E-state index in [9.17, 15) is 0 Å². The highest BCUT2D eigenvalue weighted by atomic mass is 15.2. The van der Waals surface area contributed by atoms with Gasteiger partial charge in [-0.05, 0) is 56.5 Å². The van der Waals surface area contributed by atoms with E-state index in [4.69, 9.17) is 0 Å². The van der Waals surface area contributed by atoms with Gasteiger partial charge in [-0.2, -0.15) is 0 Å². The molecule has 0 aromatic rings. The fourth-order valence-corrected chi connectivity index (χ4v) is 4.53. The van der Waals surface area contributed by atoms with Crippen molar-refractivity contribution in [3.63, 3.8) is 0 Å². The number of nitrogens with zero attached hydrogens (tertiary/aromatic N) is 1. The molecule has 3 rings (SSSR count). The third-order valence-corrected chi connectivity index (χ3v) is 5.82. The van der Waals surface area contributed by atoms with Crippen molar-refractivity contribution in [2.75, 3.05) is 26.2 Å². The second kappa shape index (κ2) is 5.50. The molecule has 18 heavy (non-hydrogen) atoms. The number of piperidine rings is 1. The third kappa shape index (κ3) is 2.75. The molecule has 1 aliphatic carbocycles. The van der Waals surface area contributed by atoms with E-state index >= 15 is 0 Å². The Bertz CT molecular complexity index is 270. The normalized spacial score (nSPS) is 37.2. The van der Waals surface area contributed by atoms with Crippen molar-refractivity contribution in [1.82, 2.24) is 10.2 Å². The molecule has 3 aliphatic rings. The molecule has 2 heterocycles. The van der Waals surface area contributed by atoms with Gasteiger partial charge in [-0.1, -0.05) is 26.2 Å². The number of nitrogens with one attached hydrogen (secondary N) is 1. The van der Waals surface area contributed by atoms with Crippen LogP contribution in [0.2, 0.25) is 0 Å². The molecular weight excluding hydrogens is 220 g/mol. The number of hydrogen-bond donors (Lipinski definition) is 1. The fraction of sp³-hybridized carbons (Fsp3) is 1.00. The van der Waals surface area contributed by atoms with E-state index in [1.54, 1.807) is 0 Å². The van der Waals surface area contributed by atoms with Crippen LogP contribution < -0.4 is 5.32 Å². The summed E-state index contributed by atoms with van der Waals surface area (Å²) in [7, 11) is 0. The van der Waals surface area contributed by atoms with Gasteiger partial charge in [-0.15, -0.1) is 0 Å². The van der Waals surface area contributed by atoms with Crippen molar-refractivity contribution in [3.05, 3.63) is 0 Å². The molecule has 1 saturated carbocycles. The summed E-state index contributed by atoms with van der Waals surface area (Å²) in [6.45, 7) is 7.75. The van der Waals surface area contributed by atoms with E-state index in [0.29, 0.717) is 0 Å². The van der Waals surface area contributed by atoms with E-state index in [1.807, 2.05) is 0 Å². The van der Waals surface area contributed by atoms with Gasteiger partial charge >= 0.3 is 0 Å². The molecule has 2 nitrogen and oxygen atoms in total. The molecule has 0 amide bonds. The standard InChI is InChI=1S/C16H30N2/c1-14-6-5-10-17-15(14)12-18-11-9-16(13-18)7-3-2-4-8-16/h14-15,17H,2-13H2,1H3. The maximum atomic E-state index is 3.75. The molecule has 0 aromatic carbocycles. The van der Waals surface area contributed by atoms with Gasteiger partial charge in [-0.25, -0.2) is 0 Å². The molecule has 104 valence electrons. The Labute approximate surface area is 113 Å². The van der Waals surface area contributed by atoms with Crippen molar-refractivity contribution in [2.45, 2.75) is 64.3 Å². The molecule has 1 N–H and O–H groups in total. The van der Waals surface area contributed by atoms with Crippen molar-refractivity contribution < 1.29 is 0 Å². The van der Waals surface area contributed by atoms with Gasteiger partial charge in [0.25, 0.3) is 0 Å². The zero-order valence-corrected chi connectivity index (χ0v) is 12.1. The topological polar surface area (TPSA) is 15.3 Å². The average molecular weight is 250 g/mol. The van der Waals surface area contributed by atoms with E-state index in [1.165, 1.54) is 77.5 Å². The maximum absolute atomic E-state index is 3.75. The minimum absolute atomic E-state index is 0.732. The lowest BCUT2D eigenvalue weighted by atomic mass is 9.73. The highest BCUT2D eigenvalue weighted by molar-refractivity contribution is 4.93. The highest BCUT2D eigenvalue weighted by Gasteiger charge is 2.39. The quantitative estimate of drug-likeness (QED) is 0.810. The van der Waals surface area contributed by atoms with Crippen LogP contribution in [0.5, 0.6) is 0 Å². The second-order valence-electron chi connectivity index (χ2n) is 7.23. The predicted octanol–water partition coefficient (Wildman–Crippen LogP) is 3.03. The van der Waals surface area contributed by atoms with Crippen LogP contribution >= 0.6 is 0 Å². The second-order valence-corrected chi connectivity index (χ2v) is 7.23. The van der Waals surface area contributed by atoms with Crippen LogP contribution in [0.1, 0.15) is 58.3 Å². The summed E-state index contributed by atoms with van der Waals surface area (Å²) in [5.41, 5.74) is 0.732. The minimum Gasteiger partial charge on any atom is -0.312 e. The van der Waals surface area contributed by atoms with E-state index in [-0.39, 0.29) is 0 Å². The third-order valence-electron chi connectivity index (χ3n) is 5.82. The zero-order valence-electron chi connectivity index (χ0n) is 12.1. The monoisotopic (exact) mass is 250 g/mol. The van der Waals surface area contributed by atoms with Gasteiger partial charge in [0.1, 0.15) is 0 Å². The summed E-state index contributed by atoms with van der Waals surface area (Å²) >= 11 is 0. The molecule has 2 atom stereocenters. The molecule has 2 unspecified atom stereocenters. The number of hydrogen-bond acceptors (Lipinski definition) is 2. The lowest BCUT2D eigenvalue weighted by molar-refractivity contribution is 0.164. The Morgan fingerprint density at radius 3 is 2.72 bits per heavy atom. The van der Waals surface area contributed by atoms with Crippen LogP contribution in [-0.4, -0.2) is 37.1 Å². The largest absolute Gasteiger partial charge is 0.312 e. The first-order valence-corrected chi connectivity index (χ1v) is 8.23. The molecule has 3 fully saturated rings. The Hall–Kier alpha value is -0.0800. The fourth-order valence-electron chi connectivity index (χ4n) is 4.53. The van der Waals surface area contributed by atoms with E-state index < -0.39 is 0 Å². The molecule has 0 radical (unpaired) electrons. The molecule has 1 spiro atoms. The minimum atomic E-state index is 0.732. The van der Waals surface area contributed by atoms with Crippen LogP contribution in [-0.2, 0) is 0 Å². The smallest absolute Gasteiger partial charge is 0.0220 e. The predicted molar refractivity (Wildman–Crippen MR) is 76.8 cm³/mol. The Balaban J connectivity index is 1.52. The van der Waals surface area contributed by atoms with Gasteiger partial charge in [0, 0.05) is 19.1 Å². The number of rotatable bonds is 2. The zero-order chi connectivity index (χ0) is 12.4. The summed E-state index contributed by atoms with van der Waals surface area (Å²) in [5, 5.41) is 3.75. The summed E-state index contributed by atoms with van der Waals surface area (Å²) in [6, 6.07) is 0.762. The Morgan fingerprint density at radius 1 is 1.11 bits per heavy atom. The summed E-state index contributed by atoms with van der Waals surface area (Å²) in [5.74, 6) is 0.877. The van der Waals surface area contributed by atoms with Crippen LogP contribution in [0.4, 0.5) is 0 Å².